The number of nitrogens with one attached hydrogen (secondary N) is 1. The molecule has 104 valence electrons. The van der Waals surface area contributed by atoms with Crippen molar-refractivity contribution in [2.75, 3.05) is 20.1 Å². The van der Waals surface area contributed by atoms with Crippen LogP contribution in [0.2, 0.25) is 0 Å². The summed E-state index contributed by atoms with van der Waals surface area (Å²) >= 11 is 0. The molecule has 3 nitrogen and oxygen atoms in total. The SMILES string of the molecule is CCC(C)CN(C)CC(C#N)(NC(C)C)C1CC1. The fraction of sp³-hybridized carbons (Fsp3) is 0.933. The third-order valence-electron chi connectivity index (χ3n) is 3.86. The zero-order chi connectivity index (χ0) is 13.8. The molecule has 0 heterocycles. The highest BCUT2D eigenvalue weighted by atomic mass is 15.2. The van der Waals surface area contributed by atoms with E-state index in [0.29, 0.717) is 17.9 Å². The number of nitrogens with zero attached hydrogens (tertiary/aromatic N) is 2. The van der Waals surface area contributed by atoms with Crippen molar-refractivity contribution in [2.45, 2.75) is 58.5 Å². The van der Waals surface area contributed by atoms with Gasteiger partial charge in [-0.1, -0.05) is 20.3 Å². The van der Waals surface area contributed by atoms with E-state index in [-0.39, 0.29) is 5.54 Å². The van der Waals surface area contributed by atoms with Crippen molar-refractivity contribution >= 4 is 0 Å². The van der Waals surface area contributed by atoms with Gasteiger partial charge in [0.25, 0.3) is 0 Å². The van der Waals surface area contributed by atoms with E-state index in [4.69, 9.17) is 0 Å². The lowest BCUT2D eigenvalue weighted by Crippen LogP contribution is -2.56. The maximum atomic E-state index is 9.64. The van der Waals surface area contributed by atoms with Gasteiger partial charge in [0.1, 0.15) is 5.54 Å². The van der Waals surface area contributed by atoms with E-state index in [1.807, 2.05) is 0 Å². The summed E-state index contributed by atoms with van der Waals surface area (Å²) in [5, 5.41) is 13.2. The minimum Gasteiger partial charge on any atom is -0.303 e. The minimum atomic E-state index is -0.337. The first-order valence-electron chi connectivity index (χ1n) is 7.31. The third-order valence-corrected chi connectivity index (χ3v) is 3.86. The molecular formula is C15H29N3. The summed E-state index contributed by atoms with van der Waals surface area (Å²) in [7, 11) is 2.14. The molecule has 0 spiro atoms. The van der Waals surface area contributed by atoms with Crippen molar-refractivity contribution in [3.63, 3.8) is 0 Å². The molecule has 1 aliphatic rings. The van der Waals surface area contributed by atoms with Crippen LogP contribution in [0, 0.1) is 23.2 Å². The van der Waals surface area contributed by atoms with Crippen LogP contribution in [-0.4, -0.2) is 36.6 Å². The van der Waals surface area contributed by atoms with Gasteiger partial charge in [0.2, 0.25) is 0 Å². The van der Waals surface area contributed by atoms with E-state index >= 15 is 0 Å². The molecule has 1 aliphatic carbocycles. The van der Waals surface area contributed by atoms with Crippen molar-refractivity contribution < 1.29 is 0 Å². The second kappa shape index (κ2) is 6.54. The average molecular weight is 251 g/mol. The Morgan fingerprint density at radius 2 is 2.00 bits per heavy atom. The molecule has 0 aromatic carbocycles. The molecule has 0 bridgehead atoms. The molecule has 18 heavy (non-hydrogen) atoms. The van der Waals surface area contributed by atoms with Gasteiger partial charge >= 0.3 is 0 Å². The quantitative estimate of drug-likeness (QED) is 0.721. The lowest BCUT2D eigenvalue weighted by atomic mass is 9.92. The molecule has 1 N–H and O–H groups in total. The average Bonchev–Trinajstić information content (AvgIpc) is 3.11. The van der Waals surface area contributed by atoms with Crippen LogP contribution in [0.4, 0.5) is 0 Å². The minimum absolute atomic E-state index is 0.337. The molecule has 0 amide bonds. The molecule has 0 aromatic heterocycles. The van der Waals surface area contributed by atoms with Gasteiger partial charge in [0.05, 0.1) is 6.07 Å². The summed E-state index contributed by atoms with van der Waals surface area (Å²) in [4.78, 5) is 2.32. The largest absolute Gasteiger partial charge is 0.303 e. The van der Waals surface area contributed by atoms with Crippen LogP contribution in [0.1, 0.15) is 47.0 Å². The van der Waals surface area contributed by atoms with Crippen LogP contribution in [-0.2, 0) is 0 Å². The monoisotopic (exact) mass is 251 g/mol. The Kier molecular flexibility index (Phi) is 5.62. The van der Waals surface area contributed by atoms with Crippen LogP contribution in [0.15, 0.2) is 0 Å². The zero-order valence-corrected chi connectivity index (χ0v) is 12.7. The first-order chi connectivity index (χ1) is 8.43. The van der Waals surface area contributed by atoms with Gasteiger partial charge in [-0.25, -0.2) is 0 Å². The molecule has 0 saturated heterocycles. The second-order valence-corrected chi connectivity index (χ2v) is 6.37. The van der Waals surface area contributed by atoms with Crippen LogP contribution in [0.3, 0.4) is 0 Å². The number of likely N-dealkylation sites (N-methyl/N-ethyl adjacent to an activating group) is 1. The fourth-order valence-corrected chi connectivity index (χ4v) is 2.69. The van der Waals surface area contributed by atoms with E-state index in [2.05, 4.69) is 51.0 Å². The van der Waals surface area contributed by atoms with Gasteiger partial charge in [0.15, 0.2) is 0 Å². The molecule has 0 aliphatic heterocycles. The molecule has 0 aromatic rings. The van der Waals surface area contributed by atoms with Crippen molar-refractivity contribution in [1.29, 1.82) is 5.26 Å². The fourth-order valence-electron chi connectivity index (χ4n) is 2.69. The predicted molar refractivity (Wildman–Crippen MR) is 76.3 cm³/mol. The summed E-state index contributed by atoms with van der Waals surface area (Å²) in [6.07, 6.45) is 3.60. The molecule has 1 saturated carbocycles. The van der Waals surface area contributed by atoms with E-state index in [9.17, 15) is 5.26 Å². The number of hydrogen-bond acceptors (Lipinski definition) is 3. The van der Waals surface area contributed by atoms with Crippen LogP contribution < -0.4 is 5.32 Å². The van der Waals surface area contributed by atoms with Gasteiger partial charge in [0, 0.05) is 19.1 Å². The van der Waals surface area contributed by atoms with Crippen molar-refractivity contribution in [2.24, 2.45) is 11.8 Å². The lowest BCUT2D eigenvalue weighted by Gasteiger charge is -2.35. The van der Waals surface area contributed by atoms with Crippen LogP contribution in [0.25, 0.3) is 0 Å². The maximum absolute atomic E-state index is 9.64. The van der Waals surface area contributed by atoms with Crippen LogP contribution >= 0.6 is 0 Å². The normalized spacial score (nSPS) is 20.8. The summed E-state index contributed by atoms with van der Waals surface area (Å²) in [6.45, 7) is 10.7. The maximum Gasteiger partial charge on any atom is 0.122 e. The van der Waals surface area contributed by atoms with Gasteiger partial charge in [-0.05, 0) is 45.6 Å². The summed E-state index contributed by atoms with van der Waals surface area (Å²) in [5.41, 5.74) is -0.337. The van der Waals surface area contributed by atoms with Crippen LogP contribution in [0.5, 0.6) is 0 Å². The smallest absolute Gasteiger partial charge is 0.122 e. The number of rotatable bonds is 8. The van der Waals surface area contributed by atoms with Gasteiger partial charge < -0.3 is 4.90 Å². The number of hydrogen-bond donors (Lipinski definition) is 1. The van der Waals surface area contributed by atoms with Gasteiger partial charge in [-0.15, -0.1) is 0 Å². The predicted octanol–water partition coefficient (Wildman–Crippen LogP) is 2.63. The summed E-state index contributed by atoms with van der Waals surface area (Å²) < 4.78 is 0. The van der Waals surface area contributed by atoms with E-state index in [1.54, 1.807) is 0 Å². The zero-order valence-electron chi connectivity index (χ0n) is 12.7. The highest BCUT2D eigenvalue weighted by molar-refractivity contribution is 5.17. The molecule has 2 unspecified atom stereocenters. The summed E-state index contributed by atoms with van der Waals surface area (Å²) in [5.74, 6) is 1.24. The highest BCUT2D eigenvalue weighted by Gasteiger charge is 2.46. The molecular weight excluding hydrogens is 222 g/mol. The third kappa shape index (κ3) is 4.26. The van der Waals surface area contributed by atoms with Gasteiger partial charge in [-0.2, -0.15) is 5.26 Å². The highest BCUT2D eigenvalue weighted by Crippen LogP contribution is 2.40. The van der Waals surface area contributed by atoms with Crippen molar-refractivity contribution in [1.82, 2.24) is 10.2 Å². The Labute approximate surface area is 113 Å². The van der Waals surface area contributed by atoms with Crippen molar-refractivity contribution in [3.05, 3.63) is 0 Å². The second-order valence-electron chi connectivity index (χ2n) is 6.37. The molecule has 3 heteroatoms. The summed E-state index contributed by atoms with van der Waals surface area (Å²) in [6, 6.07) is 2.94. The Morgan fingerprint density at radius 3 is 2.39 bits per heavy atom. The van der Waals surface area contributed by atoms with E-state index < -0.39 is 0 Å². The van der Waals surface area contributed by atoms with E-state index in [0.717, 1.165) is 13.1 Å². The molecule has 1 rings (SSSR count). The molecule has 2 atom stereocenters. The first-order valence-corrected chi connectivity index (χ1v) is 7.31. The standard InChI is InChI=1S/C15H29N3/c1-6-13(4)9-18(5)11-15(10-16,14-7-8-14)17-12(2)3/h12-14,17H,6-9,11H2,1-5H3. The van der Waals surface area contributed by atoms with Gasteiger partial charge in [-0.3, -0.25) is 5.32 Å². The first kappa shape index (κ1) is 15.5. The Balaban J connectivity index is 2.63. The molecule has 1 fully saturated rings. The van der Waals surface area contributed by atoms with E-state index in [1.165, 1.54) is 19.3 Å². The Morgan fingerprint density at radius 1 is 1.39 bits per heavy atom. The molecule has 0 radical (unpaired) electrons. The van der Waals surface area contributed by atoms with Crippen molar-refractivity contribution in [3.8, 4) is 6.07 Å². The number of nitriles is 1. The topological polar surface area (TPSA) is 39.1 Å². The Hall–Kier alpha value is -0.590. The lowest BCUT2D eigenvalue weighted by molar-refractivity contribution is 0.197. The Bertz CT molecular complexity index is 291.